The van der Waals surface area contributed by atoms with E-state index in [1.54, 1.807) is 42.5 Å². The van der Waals surface area contributed by atoms with E-state index in [1.165, 1.54) is 27.1 Å². The van der Waals surface area contributed by atoms with Gasteiger partial charge in [-0.1, -0.05) is 47.5 Å². The Kier molecular flexibility index (Phi) is 11.2. The highest BCUT2D eigenvalue weighted by atomic mass is 35.5. The van der Waals surface area contributed by atoms with Crippen LogP contribution in [0.5, 0.6) is 0 Å². The smallest absolute Gasteiger partial charge is 0.336 e. The molecule has 2 aromatic rings. The minimum atomic E-state index is -1.60. The van der Waals surface area contributed by atoms with Crippen molar-refractivity contribution >= 4 is 51.8 Å². The van der Waals surface area contributed by atoms with Gasteiger partial charge in [0.25, 0.3) is 0 Å². The Bertz CT molecular complexity index is 1660. The average Bonchev–Trinajstić information content (AvgIpc) is 3.29. The first-order chi connectivity index (χ1) is 23.6. The summed E-state index contributed by atoms with van der Waals surface area (Å²) in [5.41, 5.74) is 0.786. The standard InChI is InChI=1S/C36H42Cl2N4O6S/c1-40-22-12-13-23(40)19-24(18-22)41-14-16-42(17-15-41)30(43)20-28-32(35(44)47-2)34(31-26(37)10-7-11-27(31)38)33(36(45)48-3)29(39-28)21-49(46)25-8-5-4-6-9-25/h4-11,22-24,34,39H,12-21H2,1-3H3. The summed E-state index contributed by atoms with van der Waals surface area (Å²) in [7, 11) is 3.09. The SMILES string of the molecule is COC(=O)C1=C(CC(=O)N2CCN(C3CC4CCC(C3)N4C)CC2)NC(CS(=O)c2ccccc2)=C(C(=O)OC)C1c1c(Cl)cccc1Cl. The molecule has 0 aromatic heterocycles. The number of esters is 2. The normalized spacial score (nSPS) is 25.2. The highest BCUT2D eigenvalue weighted by Crippen LogP contribution is 2.45. The summed E-state index contributed by atoms with van der Waals surface area (Å²) in [6, 6.07) is 15.5. The summed E-state index contributed by atoms with van der Waals surface area (Å²) in [4.78, 5) is 48.7. The van der Waals surface area contributed by atoms with Crippen LogP contribution < -0.4 is 5.32 Å². The van der Waals surface area contributed by atoms with Crippen molar-refractivity contribution in [1.82, 2.24) is 20.0 Å². The van der Waals surface area contributed by atoms with Crippen molar-refractivity contribution in [3.8, 4) is 0 Å². The van der Waals surface area contributed by atoms with Crippen LogP contribution in [0.3, 0.4) is 0 Å². The molecule has 3 saturated heterocycles. The molecule has 0 saturated carbocycles. The van der Waals surface area contributed by atoms with Crippen molar-refractivity contribution in [3.63, 3.8) is 0 Å². The molecular formula is C36H42Cl2N4O6S. The Morgan fingerprint density at radius 3 is 1.96 bits per heavy atom. The summed E-state index contributed by atoms with van der Waals surface area (Å²) in [6.45, 7) is 2.69. The number of hydrogen-bond donors (Lipinski definition) is 1. The number of rotatable bonds is 9. The fourth-order valence-electron chi connectivity index (χ4n) is 7.91. The van der Waals surface area contributed by atoms with Gasteiger partial charge in [-0.15, -0.1) is 0 Å². The Hall–Kier alpha value is -3.22. The Labute approximate surface area is 299 Å². The maximum Gasteiger partial charge on any atom is 0.336 e. The van der Waals surface area contributed by atoms with Crippen LogP contribution in [-0.2, 0) is 34.7 Å². The van der Waals surface area contributed by atoms with Crippen LogP contribution in [0.4, 0.5) is 0 Å². The molecule has 4 aliphatic rings. The molecule has 4 heterocycles. The third kappa shape index (κ3) is 7.32. The molecule has 262 valence electrons. The monoisotopic (exact) mass is 728 g/mol. The summed E-state index contributed by atoms with van der Waals surface area (Å²) in [6.07, 6.45) is 4.65. The first kappa shape index (κ1) is 35.6. The first-order valence-corrected chi connectivity index (χ1v) is 18.7. The van der Waals surface area contributed by atoms with Gasteiger partial charge in [0, 0.05) is 76.2 Å². The highest BCUT2D eigenvalue weighted by molar-refractivity contribution is 7.85. The van der Waals surface area contributed by atoms with Crippen LogP contribution in [-0.4, -0.2) is 108 Å². The van der Waals surface area contributed by atoms with Gasteiger partial charge >= 0.3 is 11.9 Å². The van der Waals surface area contributed by atoms with Crippen LogP contribution in [0.25, 0.3) is 0 Å². The van der Waals surface area contributed by atoms with Gasteiger partial charge in [0.05, 0.1) is 54.3 Å². The van der Waals surface area contributed by atoms with Gasteiger partial charge in [-0.2, -0.15) is 0 Å². The Balaban J connectivity index is 1.32. The van der Waals surface area contributed by atoms with E-state index in [1.807, 2.05) is 11.0 Å². The molecule has 10 nitrogen and oxygen atoms in total. The lowest BCUT2D eigenvalue weighted by Crippen LogP contribution is -2.56. The molecule has 4 unspecified atom stereocenters. The summed E-state index contributed by atoms with van der Waals surface area (Å²) in [5.74, 6) is -3.00. The zero-order valence-corrected chi connectivity index (χ0v) is 30.3. The van der Waals surface area contributed by atoms with Crippen molar-refractivity contribution < 1.29 is 28.1 Å². The zero-order valence-electron chi connectivity index (χ0n) is 28.0. The molecule has 2 bridgehead atoms. The maximum absolute atomic E-state index is 14.0. The molecule has 1 N–H and O–H groups in total. The number of piperidine rings is 1. The van der Waals surface area contributed by atoms with Crippen LogP contribution in [0.15, 0.2) is 76.0 Å². The predicted octanol–water partition coefficient (Wildman–Crippen LogP) is 4.50. The van der Waals surface area contributed by atoms with Gasteiger partial charge < -0.3 is 24.6 Å². The molecule has 4 atom stereocenters. The molecule has 0 radical (unpaired) electrons. The van der Waals surface area contributed by atoms with E-state index in [9.17, 15) is 18.6 Å². The quantitative estimate of drug-likeness (QED) is 0.374. The second kappa shape index (κ2) is 15.3. The third-order valence-electron chi connectivity index (χ3n) is 10.5. The summed E-state index contributed by atoms with van der Waals surface area (Å²) in [5, 5.41) is 3.60. The van der Waals surface area contributed by atoms with Gasteiger partial charge in [0.1, 0.15) is 0 Å². The molecule has 0 spiro atoms. The van der Waals surface area contributed by atoms with Crippen LogP contribution in [0.1, 0.15) is 43.6 Å². The summed E-state index contributed by atoms with van der Waals surface area (Å²) < 4.78 is 24.1. The molecule has 0 aliphatic carbocycles. The number of nitrogens with zero attached hydrogens (tertiary/aromatic N) is 3. The predicted molar refractivity (Wildman–Crippen MR) is 189 cm³/mol. The number of amides is 1. The fraction of sp³-hybridized carbons (Fsp3) is 0.472. The zero-order chi connectivity index (χ0) is 34.8. The number of carbonyl (C=O) groups excluding carboxylic acids is 3. The number of nitrogens with one attached hydrogen (secondary N) is 1. The van der Waals surface area contributed by atoms with Gasteiger partial charge in [-0.3, -0.25) is 13.9 Å². The number of halogens is 2. The van der Waals surface area contributed by atoms with Crippen molar-refractivity contribution in [1.29, 1.82) is 0 Å². The third-order valence-corrected chi connectivity index (χ3v) is 12.5. The lowest BCUT2D eigenvalue weighted by Gasteiger charge is -2.45. The number of piperazine rings is 1. The molecule has 49 heavy (non-hydrogen) atoms. The lowest BCUT2D eigenvalue weighted by molar-refractivity contribution is -0.137. The number of methoxy groups -OCH3 is 2. The van der Waals surface area contributed by atoms with Crippen LogP contribution in [0, 0.1) is 0 Å². The van der Waals surface area contributed by atoms with E-state index in [4.69, 9.17) is 32.7 Å². The minimum Gasteiger partial charge on any atom is -0.466 e. The van der Waals surface area contributed by atoms with E-state index >= 15 is 0 Å². The number of carbonyl (C=O) groups is 3. The molecule has 6 rings (SSSR count). The topological polar surface area (TPSA) is 108 Å². The van der Waals surface area contributed by atoms with Crippen molar-refractivity contribution in [2.75, 3.05) is 53.2 Å². The van der Waals surface area contributed by atoms with E-state index in [0.717, 1.165) is 25.9 Å². The van der Waals surface area contributed by atoms with E-state index in [-0.39, 0.29) is 56.2 Å². The minimum absolute atomic E-state index is 0.0130. The second-order valence-electron chi connectivity index (χ2n) is 13.0. The van der Waals surface area contributed by atoms with Crippen molar-refractivity contribution in [3.05, 3.63) is 86.7 Å². The molecule has 3 fully saturated rings. The largest absolute Gasteiger partial charge is 0.466 e. The maximum atomic E-state index is 14.0. The number of dihydropyridines is 1. The Morgan fingerprint density at radius 1 is 0.816 bits per heavy atom. The van der Waals surface area contributed by atoms with Gasteiger partial charge in [0.2, 0.25) is 5.91 Å². The van der Waals surface area contributed by atoms with Crippen LogP contribution >= 0.6 is 23.2 Å². The summed E-state index contributed by atoms with van der Waals surface area (Å²) >= 11 is 13.4. The second-order valence-corrected chi connectivity index (χ2v) is 15.3. The number of fused-ring (bicyclic) bond motifs is 2. The molecule has 1 amide bonds. The molecule has 13 heteroatoms. The highest BCUT2D eigenvalue weighted by Gasteiger charge is 2.44. The fourth-order valence-corrected chi connectivity index (χ4v) is 9.64. The number of benzene rings is 2. The average molecular weight is 730 g/mol. The van der Waals surface area contributed by atoms with Crippen molar-refractivity contribution in [2.45, 2.75) is 61.0 Å². The lowest BCUT2D eigenvalue weighted by atomic mass is 9.79. The van der Waals surface area contributed by atoms with Gasteiger partial charge in [-0.05, 0) is 57.0 Å². The number of ether oxygens (including phenoxy) is 2. The molecule has 4 aliphatic heterocycles. The van der Waals surface area contributed by atoms with Crippen molar-refractivity contribution in [2.24, 2.45) is 0 Å². The van der Waals surface area contributed by atoms with E-state index in [0.29, 0.717) is 36.1 Å². The van der Waals surface area contributed by atoms with E-state index in [2.05, 4.69) is 22.2 Å². The number of hydrogen-bond acceptors (Lipinski definition) is 9. The first-order valence-electron chi connectivity index (χ1n) is 16.6. The molecule has 2 aromatic carbocycles. The van der Waals surface area contributed by atoms with Gasteiger partial charge in [-0.25, -0.2) is 9.59 Å². The Morgan fingerprint density at radius 2 is 1.39 bits per heavy atom. The van der Waals surface area contributed by atoms with Crippen LogP contribution in [0.2, 0.25) is 10.0 Å². The van der Waals surface area contributed by atoms with Gasteiger partial charge in [0.15, 0.2) is 0 Å². The van der Waals surface area contributed by atoms with E-state index < -0.39 is 28.7 Å². The molecular weight excluding hydrogens is 687 g/mol.